The molecule has 1 saturated carbocycles. The van der Waals surface area contributed by atoms with E-state index in [0.717, 1.165) is 12.2 Å². The van der Waals surface area contributed by atoms with Crippen LogP contribution in [-0.4, -0.2) is 47.7 Å². The summed E-state index contributed by atoms with van der Waals surface area (Å²) in [6.07, 6.45) is 4.09. The molecule has 3 atom stereocenters. The van der Waals surface area contributed by atoms with Crippen molar-refractivity contribution in [2.75, 3.05) is 19.8 Å². The quantitative estimate of drug-likeness (QED) is 0.857. The number of carbonyl (C=O) groups excluding carboxylic acids is 1. The summed E-state index contributed by atoms with van der Waals surface area (Å²) in [5.74, 6) is 1.33. The SMILES string of the molecule is CC1CC1c1ccc(/C=C/C(=O)N2CCOCC2C(=O)O)o1. The highest BCUT2D eigenvalue weighted by Gasteiger charge is 2.36. The Morgan fingerprint density at radius 3 is 2.86 bits per heavy atom. The minimum atomic E-state index is -1.05. The molecule has 0 aromatic carbocycles. The molecule has 0 spiro atoms. The van der Waals surface area contributed by atoms with Crippen LogP contribution in [-0.2, 0) is 14.3 Å². The number of aliphatic carboxylic acids is 1. The standard InChI is InChI=1S/C16H19NO5/c1-10-8-12(10)14-4-2-11(22-14)3-5-15(18)17-6-7-21-9-13(17)16(19)20/h2-5,10,12-13H,6-9H2,1H3,(H,19,20)/b5-3+. The number of amides is 1. The van der Waals surface area contributed by atoms with Gasteiger partial charge in [0, 0.05) is 18.5 Å². The second-order valence-electron chi connectivity index (χ2n) is 5.85. The molecule has 2 heterocycles. The van der Waals surface area contributed by atoms with Crippen LogP contribution in [0.1, 0.15) is 30.8 Å². The number of nitrogens with zero attached hydrogens (tertiary/aromatic N) is 1. The van der Waals surface area contributed by atoms with Gasteiger partial charge >= 0.3 is 5.97 Å². The lowest BCUT2D eigenvalue weighted by Crippen LogP contribution is -2.52. The lowest BCUT2D eigenvalue weighted by atomic mass is 10.2. The number of ether oxygens (including phenoxy) is 1. The lowest BCUT2D eigenvalue weighted by Gasteiger charge is -2.31. The molecule has 6 heteroatoms. The van der Waals surface area contributed by atoms with Gasteiger partial charge in [0.1, 0.15) is 11.5 Å². The van der Waals surface area contributed by atoms with Crippen LogP contribution in [0, 0.1) is 5.92 Å². The van der Waals surface area contributed by atoms with Crippen LogP contribution in [0.4, 0.5) is 0 Å². The molecule has 22 heavy (non-hydrogen) atoms. The number of carbonyl (C=O) groups is 2. The molecule has 1 saturated heterocycles. The van der Waals surface area contributed by atoms with Gasteiger partial charge in [-0.3, -0.25) is 4.79 Å². The number of hydrogen-bond donors (Lipinski definition) is 1. The predicted octanol–water partition coefficient (Wildman–Crippen LogP) is 1.73. The number of morpholine rings is 1. The van der Waals surface area contributed by atoms with E-state index in [9.17, 15) is 9.59 Å². The highest BCUT2D eigenvalue weighted by atomic mass is 16.5. The van der Waals surface area contributed by atoms with Crippen molar-refractivity contribution in [1.29, 1.82) is 0 Å². The fourth-order valence-corrected chi connectivity index (χ4v) is 2.70. The normalized spacial score (nSPS) is 28.0. The molecule has 2 aliphatic rings. The number of furan rings is 1. The van der Waals surface area contributed by atoms with E-state index in [1.165, 1.54) is 11.0 Å². The first kappa shape index (κ1) is 14.8. The first-order chi connectivity index (χ1) is 10.6. The summed E-state index contributed by atoms with van der Waals surface area (Å²) in [5.41, 5.74) is 0. The minimum Gasteiger partial charge on any atom is -0.480 e. The van der Waals surface area contributed by atoms with Crippen molar-refractivity contribution in [2.45, 2.75) is 25.3 Å². The molecule has 118 valence electrons. The first-order valence-corrected chi connectivity index (χ1v) is 7.45. The van der Waals surface area contributed by atoms with E-state index in [2.05, 4.69) is 6.92 Å². The molecular formula is C16H19NO5. The molecule has 6 nitrogen and oxygen atoms in total. The average Bonchev–Trinajstić information content (AvgIpc) is 3.06. The third-order valence-electron chi connectivity index (χ3n) is 4.21. The van der Waals surface area contributed by atoms with E-state index in [-0.39, 0.29) is 19.1 Å². The monoisotopic (exact) mass is 305 g/mol. The third kappa shape index (κ3) is 3.06. The molecule has 3 unspecified atom stereocenters. The van der Waals surface area contributed by atoms with E-state index in [1.807, 2.05) is 12.1 Å². The van der Waals surface area contributed by atoms with Gasteiger partial charge in [0.2, 0.25) is 5.91 Å². The highest BCUT2D eigenvalue weighted by molar-refractivity contribution is 5.94. The number of rotatable bonds is 4. The van der Waals surface area contributed by atoms with Crippen LogP contribution in [0.2, 0.25) is 0 Å². The fourth-order valence-electron chi connectivity index (χ4n) is 2.70. The summed E-state index contributed by atoms with van der Waals surface area (Å²) in [6.45, 7) is 2.84. The van der Waals surface area contributed by atoms with Crippen LogP contribution in [0.5, 0.6) is 0 Å². The summed E-state index contributed by atoms with van der Waals surface area (Å²) in [6, 6.07) is 2.84. The lowest BCUT2D eigenvalue weighted by molar-refractivity contribution is -0.156. The van der Waals surface area contributed by atoms with Gasteiger partial charge in [-0.05, 0) is 30.5 Å². The van der Waals surface area contributed by atoms with Crippen LogP contribution in [0.3, 0.4) is 0 Å². The second-order valence-corrected chi connectivity index (χ2v) is 5.85. The van der Waals surface area contributed by atoms with Crippen molar-refractivity contribution in [3.8, 4) is 0 Å². The molecule has 1 N–H and O–H groups in total. The Balaban J connectivity index is 1.64. The fraction of sp³-hybridized carbons (Fsp3) is 0.500. The second kappa shape index (κ2) is 5.96. The average molecular weight is 305 g/mol. The molecule has 1 aromatic heterocycles. The van der Waals surface area contributed by atoms with Gasteiger partial charge in [-0.1, -0.05) is 6.92 Å². The summed E-state index contributed by atoms with van der Waals surface area (Å²) in [4.78, 5) is 24.6. The molecule has 0 bridgehead atoms. The molecule has 0 radical (unpaired) electrons. The Labute approximate surface area is 128 Å². The van der Waals surface area contributed by atoms with Gasteiger partial charge in [-0.15, -0.1) is 0 Å². The van der Waals surface area contributed by atoms with Crippen LogP contribution in [0.15, 0.2) is 22.6 Å². The summed E-state index contributed by atoms with van der Waals surface area (Å²) in [7, 11) is 0. The third-order valence-corrected chi connectivity index (χ3v) is 4.21. The zero-order valence-electron chi connectivity index (χ0n) is 12.4. The number of carboxylic acids is 1. The zero-order chi connectivity index (χ0) is 15.7. The van der Waals surface area contributed by atoms with Gasteiger partial charge in [0.05, 0.1) is 13.2 Å². The van der Waals surface area contributed by atoms with Crippen molar-refractivity contribution < 1.29 is 23.8 Å². The van der Waals surface area contributed by atoms with Gasteiger partial charge in [-0.2, -0.15) is 0 Å². The van der Waals surface area contributed by atoms with Crippen molar-refractivity contribution >= 4 is 18.0 Å². The number of carboxylic acid groups (broad SMARTS) is 1. The van der Waals surface area contributed by atoms with Crippen molar-refractivity contribution in [2.24, 2.45) is 5.92 Å². The Bertz CT molecular complexity index is 605. The van der Waals surface area contributed by atoms with E-state index < -0.39 is 12.0 Å². The van der Waals surface area contributed by atoms with Crippen molar-refractivity contribution in [3.63, 3.8) is 0 Å². The zero-order valence-corrected chi connectivity index (χ0v) is 12.4. The smallest absolute Gasteiger partial charge is 0.328 e. The number of hydrogen-bond acceptors (Lipinski definition) is 4. The van der Waals surface area contributed by atoms with E-state index in [0.29, 0.717) is 24.2 Å². The van der Waals surface area contributed by atoms with Crippen LogP contribution < -0.4 is 0 Å². The molecule has 1 amide bonds. The molecular weight excluding hydrogens is 286 g/mol. The van der Waals surface area contributed by atoms with Crippen molar-refractivity contribution in [3.05, 3.63) is 29.7 Å². The Morgan fingerprint density at radius 2 is 2.18 bits per heavy atom. The van der Waals surface area contributed by atoms with E-state index in [4.69, 9.17) is 14.3 Å². The summed E-state index contributed by atoms with van der Waals surface area (Å²) in [5, 5.41) is 9.12. The minimum absolute atomic E-state index is 0.0272. The van der Waals surface area contributed by atoms with Crippen LogP contribution in [0.25, 0.3) is 6.08 Å². The Hall–Kier alpha value is -2.08. The first-order valence-electron chi connectivity index (χ1n) is 7.45. The van der Waals surface area contributed by atoms with Gasteiger partial charge < -0.3 is 19.2 Å². The topological polar surface area (TPSA) is 80.0 Å². The van der Waals surface area contributed by atoms with Gasteiger partial charge in [0.15, 0.2) is 6.04 Å². The maximum absolute atomic E-state index is 12.2. The highest BCUT2D eigenvalue weighted by Crippen LogP contribution is 2.47. The molecule has 1 aliphatic heterocycles. The predicted molar refractivity (Wildman–Crippen MR) is 78.2 cm³/mol. The molecule has 2 fully saturated rings. The Kier molecular flexibility index (Phi) is 4.02. The largest absolute Gasteiger partial charge is 0.480 e. The van der Waals surface area contributed by atoms with Gasteiger partial charge in [-0.25, -0.2) is 4.79 Å². The van der Waals surface area contributed by atoms with E-state index >= 15 is 0 Å². The maximum atomic E-state index is 12.2. The summed E-state index contributed by atoms with van der Waals surface area (Å²) >= 11 is 0. The summed E-state index contributed by atoms with van der Waals surface area (Å²) < 4.78 is 10.8. The maximum Gasteiger partial charge on any atom is 0.328 e. The van der Waals surface area contributed by atoms with Gasteiger partial charge in [0.25, 0.3) is 0 Å². The molecule has 1 aliphatic carbocycles. The van der Waals surface area contributed by atoms with Crippen molar-refractivity contribution in [1.82, 2.24) is 4.90 Å². The molecule has 1 aromatic rings. The van der Waals surface area contributed by atoms with Crippen LogP contribution >= 0.6 is 0 Å². The Morgan fingerprint density at radius 1 is 1.41 bits per heavy atom. The molecule has 3 rings (SSSR count). The van der Waals surface area contributed by atoms with E-state index in [1.54, 1.807) is 6.08 Å².